The van der Waals surface area contributed by atoms with Crippen LogP contribution >= 0.6 is 0 Å². The minimum Gasteiger partial charge on any atom is -0.212 e. The largest absolute Gasteiger partial charge is 0.217 e. The molecular weight excluding hydrogens is 306 g/mol. The molecule has 1 atom stereocenters. The van der Waals surface area contributed by atoms with Crippen LogP contribution in [0.4, 0.5) is 0 Å². The minimum absolute atomic E-state index is 0.540. The fourth-order valence-corrected chi connectivity index (χ4v) is 4.11. The van der Waals surface area contributed by atoms with Crippen LogP contribution < -0.4 is 4.72 Å². The Kier molecular flexibility index (Phi) is 5.17. The van der Waals surface area contributed by atoms with Gasteiger partial charge in [-0.15, -0.1) is 6.58 Å². The van der Waals surface area contributed by atoms with E-state index in [-0.39, 0.29) is 0 Å². The lowest BCUT2D eigenvalue weighted by Crippen LogP contribution is -2.52. The van der Waals surface area contributed by atoms with Crippen molar-refractivity contribution in [2.75, 3.05) is 0 Å². The van der Waals surface area contributed by atoms with E-state index in [1.807, 2.05) is 36.4 Å². The molecule has 1 aliphatic carbocycles. The van der Waals surface area contributed by atoms with Gasteiger partial charge in [-0.3, -0.25) is 0 Å². The quantitative estimate of drug-likeness (QED) is 0.790. The Bertz CT molecular complexity index is 684. The first-order chi connectivity index (χ1) is 10.7. The number of rotatable bonds is 6. The summed E-state index contributed by atoms with van der Waals surface area (Å²) in [4.78, 5) is 0. The van der Waals surface area contributed by atoms with Crippen molar-refractivity contribution in [2.24, 2.45) is 0 Å². The highest BCUT2D eigenvalue weighted by molar-refractivity contribution is 7.90. The summed E-state index contributed by atoms with van der Waals surface area (Å²) in [5, 5.41) is 0. The summed E-state index contributed by atoms with van der Waals surface area (Å²) >= 11 is 0. The van der Waals surface area contributed by atoms with Gasteiger partial charge in [0.1, 0.15) is 0 Å². The van der Waals surface area contributed by atoms with Gasteiger partial charge in [-0.25, -0.2) is 13.1 Å². The highest BCUT2D eigenvalue weighted by Crippen LogP contribution is 2.42. The minimum atomic E-state index is -3.44. The van der Waals surface area contributed by atoms with Crippen LogP contribution in [0.1, 0.15) is 52.0 Å². The fourth-order valence-electron chi connectivity index (χ4n) is 2.98. The van der Waals surface area contributed by atoms with Crippen molar-refractivity contribution >= 4 is 15.6 Å². The van der Waals surface area contributed by atoms with Gasteiger partial charge in [0.05, 0.1) is 10.3 Å². The lowest BCUT2D eigenvalue weighted by Gasteiger charge is -2.36. The summed E-state index contributed by atoms with van der Waals surface area (Å²) in [7, 11) is -3.44. The summed E-state index contributed by atoms with van der Waals surface area (Å²) in [5.41, 5.74) is 1.64. The zero-order chi connectivity index (χ0) is 17.1. The SMILES string of the molecule is C=CCCC1(NS(=O)(=O)C(C)(C)C)CCC=C1c1ccccc1. The molecule has 0 aromatic heterocycles. The first-order valence-electron chi connectivity index (χ1n) is 8.12. The highest BCUT2D eigenvalue weighted by atomic mass is 32.2. The zero-order valence-corrected chi connectivity index (χ0v) is 15.1. The highest BCUT2D eigenvalue weighted by Gasteiger charge is 2.43. The molecule has 1 aromatic rings. The van der Waals surface area contributed by atoms with E-state index in [9.17, 15) is 8.42 Å². The number of nitrogens with one attached hydrogen (secondary N) is 1. The molecule has 126 valence electrons. The average Bonchev–Trinajstić information content (AvgIpc) is 2.88. The molecule has 4 heteroatoms. The van der Waals surface area contributed by atoms with Crippen molar-refractivity contribution < 1.29 is 8.42 Å². The van der Waals surface area contributed by atoms with Crippen molar-refractivity contribution in [3.8, 4) is 0 Å². The third kappa shape index (κ3) is 3.75. The van der Waals surface area contributed by atoms with Crippen LogP contribution in [0.2, 0.25) is 0 Å². The van der Waals surface area contributed by atoms with Crippen LogP contribution in [-0.4, -0.2) is 18.7 Å². The molecular formula is C19H27NO2S. The van der Waals surface area contributed by atoms with E-state index in [0.29, 0.717) is 0 Å². The van der Waals surface area contributed by atoms with E-state index in [1.165, 1.54) is 0 Å². The molecule has 0 spiro atoms. The number of allylic oxidation sites excluding steroid dienone is 2. The Labute approximate surface area is 140 Å². The van der Waals surface area contributed by atoms with Crippen molar-refractivity contribution in [2.45, 2.75) is 56.7 Å². The van der Waals surface area contributed by atoms with Gasteiger partial charge in [-0.1, -0.05) is 42.5 Å². The molecule has 0 fully saturated rings. The van der Waals surface area contributed by atoms with Crippen LogP contribution in [0, 0.1) is 0 Å². The first-order valence-corrected chi connectivity index (χ1v) is 9.61. The molecule has 1 aromatic carbocycles. The van der Waals surface area contributed by atoms with E-state index in [2.05, 4.69) is 17.4 Å². The molecule has 0 saturated heterocycles. The van der Waals surface area contributed by atoms with E-state index in [0.717, 1.165) is 36.8 Å². The van der Waals surface area contributed by atoms with E-state index in [4.69, 9.17) is 0 Å². The third-order valence-electron chi connectivity index (χ3n) is 4.43. The predicted octanol–water partition coefficient (Wildman–Crippen LogP) is 4.29. The third-order valence-corrected chi connectivity index (χ3v) is 6.70. The topological polar surface area (TPSA) is 46.2 Å². The molecule has 23 heavy (non-hydrogen) atoms. The lowest BCUT2D eigenvalue weighted by molar-refractivity contribution is 0.430. The van der Waals surface area contributed by atoms with Gasteiger partial charge < -0.3 is 0 Å². The predicted molar refractivity (Wildman–Crippen MR) is 97.6 cm³/mol. The van der Waals surface area contributed by atoms with E-state index >= 15 is 0 Å². The summed E-state index contributed by atoms with van der Waals surface area (Å²) in [5.74, 6) is 0. The molecule has 0 aliphatic heterocycles. The Balaban J connectivity index is 2.44. The van der Waals surface area contributed by atoms with Gasteiger partial charge in [-0.2, -0.15) is 0 Å². The molecule has 1 N–H and O–H groups in total. The van der Waals surface area contributed by atoms with Crippen molar-refractivity contribution in [1.29, 1.82) is 0 Å². The first kappa shape index (κ1) is 18.0. The molecule has 1 aliphatic rings. The Morgan fingerprint density at radius 2 is 1.91 bits per heavy atom. The number of hydrogen-bond acceptors (Lipinski definition) is 2. The maximum Gasteiger partial charge on any atom is 0.217 e. The lowest BCUT2D eigenvalue weighted by atomic mass is 9.84. The molecule has 0 heterocycles. The number of hydrogen-bond donors (Lipinski definition) is 1. The average molecular weight is 333 g/mol. The van der Waals surface area contributed by atoms with E-state index in [1.54, 1.807) is 20.8 Å². The Morgan fingerprint density at radius 3 is 2.48 bits per heavy atom. The van der Waals surface area contributed by atoms with E-state index < -0.39 is 20.3 Å². The second-order valence-electron chi connectivity index (χ2n) is 7.15. The van der Waals surface area contributed by atoms with Crippen molar-refractivity contribution in [1.82, 2.24) is 4.72 Å². The van der Waals surface area contributed by atoms with Gasteiger partial charge in [-0.05, 0) is 57.6 Å². The van der Waals surface area contributed by atoms with Crippen molar-refractivity contribution in [3.63, 3.8) is 0 Å². The molecule has 0 amide bonds. The standard InChI is InChI=1S/C19H27NO2S/c1-5-6-14-19(20-23(21,22)18(2,3)4)15-10-13-17(19)16-11-8-7-9-12-16/h5,7-9,11-13,20H,1,6,10,14-15H2,2-4H3. The van der Waals surface area contributed by atoms with Gasteiger partial charge in [0, 0.05) is 0 Å². The molecule has 1 unspecified atom stereocenters. The number of benzene rings is 1. The molecule has 0 radical (unpaired) electrons. The van der Waals surface area contributed by atoms with Crippen molar-refractivity contribution in [3.05, 3.63) is 54.6 Å². The summed E-state index contributed by atoms with van der Waals surface area (Å²) in [6, 6.07) is 10.1. The van der Waals surface area contributed by atoms with Crippen LogP contribution in [0.15, 0.2) is 49.1 Å². The number of sulfonamides is 1. The van der Waals surface area contributed by atoms with Gasteiger partial charge in [0.2, 0.25) is 10.0 Å². The summed E-state index contributed by atoms with van der Waals surface area (Å²) < 4.78 is 27.8. The normalized spacial score (nSPS) is 22.0. The zero-order valence-electron chi connectivity index (χ0n) is 14.3. The molecule has 0 bridgehead atoms. The Morgan fingerprint density at radius 1 is 1.26 bits per heavy atom. The molecule has 3 nitrogen and oxygen atoms in total. The van der Waals surface area contributed by atoms with Gasteiger partial charge in [0.25, 0.3) is 0 Å². The second kappa shape index (κ2) is 6.62. The smallest absolute Gasteiger partial charge is 0.212 e. The summed E-state index contributed by atoms with van der Waals surface area (Å²) in [6.07, 6.45) is 7.20. The van der Waals surface area contributed by atoms with Gasteiger partial charge >= 0.3 is 0 Å². The molecule has 0 saturated carbocycles. The Hall–Kier alpha value is -1.39. The maximum atomic E-state index is 12.8. The van der Waals surface area contributed by atoms with Crippen LogP contribution in [0.3, 0.4) is 0 Å². The summed E-state index contributed by atoms with van der Waals surface area (Å²) in [6.45, 7) is 9.00. The fraction of sp³-hybridized carbons (Fsp3) is 0.474. The monoisotopic (exact) mass is 333 g/mol. The van der Waals surface area contributed by atoms with Crippen LogP contribution in [0.25, 0.3) is 5.57 Å². The van der Waals surface area contributed by atoms with Crippen LogP contribution in [0.5, 0.6) is 0 Å². The molecule has 2 rings (SSSR count). The van der Waals surface area contributed by atoms with Gasteiger partial charge in [0.15, 0.2) is 0 Å². The second-order valence-corrected chi connectivity index (χ2v) is 9.59. The van der Waals surface area contributed by atoms with Crippen LogP contribution in [-0.2, 0) is 10.0 Å². The maximum absolute atomic E-state index is 12.8.